The zero-order valence-electron chi connectivity index (χ0n) is 13.0. The van der Waals surface area contributed by atoms with Gasteiger partial charge in [-0.1, -0.05) is 27.2 Å². The molecule has 0 bridgehead atoms. The first-order valence-corrected chi connectivity index (χ1v) is 11.8. The van der Waals surface area contributed by atoms with Gasteiger partial charge in [0.15, 0.2) is 8.32 Å². The van der Waals surface area contributed by atoms with E-state index in [0.717, 1.165) is 0 Å². The van der Waals surface area contributed by atoms with Crippen LogP contribution in [0.3, 0.4) is 0 Å². The van der Waals surface area contributed by atoms with Crippen LogP contribution in [-0.4, -0.2) is 41.7 Å². The summed E-state index contributed by atoms with van der Waals surface area (Å²) >= 11 is 0. The molecule has 1 atom stereocenters. The SMILES string of the molecule is C=C[SiH2]C(O[Si](C)(C)C(C)(C)C)N1CCCCC1. The van der Waals surface area contributed by atoms with Gasteiger partial charge < -0.3 is 4.43 Å². The minimum Gasteiger partial charge on any atom is -0.405 e. The molecule has 106 valence electrons. The van der Waals surface area contributed by atoms with Crippen LogP contribution < -0.4 is 0 Å². The molecule has 0 amide bonds. The lowest BCUT2D eigenvalue weighted by Gasteiger charge is -2.43. The van der Waals surface area contributed by atoms with Gasteiger partial charge in [-0.2, -0.15) is 0 Å². The van der Waals surface area contributed by atoms with E-state index in [9.17, 15) is 0 Å². The molecule has 0 aliphatic carbocycles. The van der Waals surface area contributed by atoms with Gasteiger partial charge in [0.25, 0.3) is 0 Å². The Morgan fingerprint density at radius 2 is 1.78 bits per heavy atom. The average molecular weight is 286 g/mol. The molecule has 0 aromatic carbocycles. The maximum absolute atomic E-state index is 6.64. The molecule has 0 spiro atoms. The van der Waals surface area contributed by atoms with Gasteiger partial charge in [-0.3, -0.25) is 4.90 Å². The fraction of sp³-hybridized carbons (Fsp3) is 0.857. The Hall–Kier alpha value is 0.0938. The van der Waals surface area contributed by atoms with Crippen molar-refractivity contribution >= 4 is 17.8 Å². The first kappa shape index (κ1) is 16.1. The maximum Gasteiger partial charge on any atom is 0.193 e. The predicted molar refractivity (Wildman–Crippen MR) is 86.2 cm³/mol. The Bertz CT molecular complexity index is 267. The molecule has 1 aliphatic heterocycles. The smallest absolute Gasteiger partial charge is 0.193 e. The molecule has 0 aromatic heterocycles. The Morgan fingerprint density at radius 1 is 1.22 bits per heavy atom. The van der Waals surface area contributed by atoms with Crippen molar-refractivity contribution in [1.29, 1.82) is 0 Å². The molecule has 2 nitrogen and oxygen atoms in total. The molecule has 0 N–H and O–H groups in total. The third-order valence-electron chi connectivity index (χ3n) is 4.40. The summed E-state index contributed by atoms with van der Waals surface area (Å²) in [4.78, 5) is 2.58. The molecule has 1 aliphatic rings. The molecule has 1 fully saturated rings. The van der Waals surface area contributed by atoms with Crippen LogP contribution in [0.4, 0.5) is 0 Å². The van der Waals surface area contributed by atoms with Gasteiger partial charge in [-0.05, 0) is 31.0 Å². The van der Waals surface area contributed by atoms with E-state index in [1.54, 1.807) is 0 Å². The molecule has 1 heterocycles. The first-order valence-electron chi connectivity index (χ1n) is 7.31. The highest BCUT2D eigenvalue weighted by molar-refractivity contribution is 6.74. The van der Waals surface area contributed by atoms with Gasteiger partial charge in [0.1, 0.15) is 0 Å². The van der Waals surface area contributed by atoms with Crippen LogP contribution in [0, 0.1) is 0 Å². The molecule has 18 heavy (non-hydrogen) atoms. The average Bonchev–Trinajstić information content (AvgIpc) is 2.28. The Kier molecular flexibility index (Phi) is 5.83. The standard InChI is InChI=1S/C14H31NOSi2/c1-7-17-13(15-11-9-8-10-12-15)16-18(5,6)14(2,3)4/h7,13H,1,8-12,17H2,2-6H3. The minimum atomic E-state index is -1.64. The third kappa shape index (κ3) is 4.33. The second kappa shape index (κ2) is 6.50. The van der Waals surface area contributed by atoms with Crippen molar-refractivity contribution in [3.05, 3.63) is 12.3 Å². The summed E-state index contributed by atoms with van der Waals surface area (Å²) in [6.45, 7) is 18.1. The van der Waals surface area contributed by atoms with Gasteiger partial charge in [0.05, 0.1) is 15.4 Å². The highest BCUT2D eigenvalue weighted by Gasteiger charge is 2.40. The van der Waals surface area contributed by atoms with Crippen LogP contribution >= 0.6 is 0 Å². The lowest BCUT2D eigenvalue weighted by molar-refractivity contribution is 0.0595. The maximum atomic E-state index is 6.64. The fourth-order valence-corrected chi connectivity index (χ4v) is 5.90. The summed E-state index contributed by atoms with van der Waals surface area (Å²) in [5.41, 5.74) is 2.15. The zero-order valence-corrected chi connectivity index (χ0v) is 15.4. The van der Waals surface area contributed by atoms with E-state index >= 15 is 0 Å². The van der Waals surface area contributed by atoms with Crippen LogP contribution in [0.15, 0.2) is 12.3 Å². The number of hydrogen-bond donors (Lipinski definition) is 0. The largest absolute Gasteiger partial charge is 0.405 e. The van der Waals surface area contributed by atoms with Crippen molar-refractivity contribution in [1.82, 2.24) is 4.90 Å². The molecule has 4 heteroatoms. The van der Waals surface area contributed by atoms with E-state index in [-0.39, 0.29) is 9.52 Å². The molecule has 1 unspecified atom stereocenters. The quantitative estimate of drug-likeness (QED) is 0.720. The number of hydrogen-bond acceptors (Lipinski definition) is 2. The van der Waals surface area contributed by atoms with E-state index in [0.29, 0.717) is 10.9 Å². The summed E-state index contributed by atoms with van der Waals surface area (Å²) in [6.07, 6.45) is 4.06. The lowest BCUT2D eigenvalue weighted by atomic mass is 10.1. The predicted octanol–water partition coefficient (Wildman–Crippen LogP) is 3.09. The Morgan fingerprint density at radius 3 is 2.22 bits per heavy atom. The number of piperidine rings is 1. The second-order valence-electron chi connectivity index (χ2n) is 6.95. The van der Waals surface area contributed by atoms with Gasteiger partial charge in [-0.15, -0.1) is 12.3 Å². The number of likely N-dealkylation sites (tertiary alicyclic amines) is 1. The van der Waals surface area contributed by atoms with E-state index in [1.165, 1.54) is 32.4 Å². The molecule has 1 rings (SSSR count). The lowest BCUT2D eigenvalue weighted by Crippen LogP contribution is -2.52. The first-order chi connectivity index (χ1) is 8.28. The third-order valence-corrected chi connectivity index (χ3v) is 10.6. The fourth-order valence-electron chi connectivity index (χ4n) is 2.14. The van der Waals surface area contributed by atoms with Gasteiger partial charge in [0.2, 0.25) is 0 Å². The summed E-state index contributed by atoms with van der Waals surface area (Å²) in [5, 5.41) is 0.302. The summed E-state index contributed by atoms with van der Waals surface area (Å²) < 4.78 is 6.64. The summed E-state index contributed by atoms with van der Waals surface area (Å²) in [6, 6.07) is 0. The number of nitrogens with zero attached hydrogens (tertiary/aromatic N) is 1. The minimum absolute atomic E-state index is 0.302. The van der Waals surface area contributed by atoms with E-state index in [1.807, 2.05) is 0 Å². The van der Waals surface area contributed by atoms with Gasteiger partial charge >= 0.3 is 0 Å². The van der Waals surface area contributed by atoms with Gasteiger partial charge in [-0.25, -0.2) is 0 Å². The monoisotopic (exact) mass is 285 g/mol. The van der Waals surface area contributed by atoms with E-state index in [4.69, 9.17) is 4.43 Å². The molecule has 0 aromatic rings. The van der Waals surface area contributed by atoms with Crippen LogP contribution in [0.5, 0.6) is 0 Å². The van der Waals surface area contributed by atoms with Crippen molar-refractivity contribution in [2.24, 2.45) is 0 Å². The second-order valence-corrected chi connectivity index (χ2v) is 13.5. The van der Waals surface area contributed by atoms with Crippen LogP contribution in [-0.2, 0) is 4.43 Å². The van der Waals surface area contributed by atoms with Crippen molar-refractivity contribution in [2.75, 3.05) is 13.1 Å². The number of rotatable bonds is 5. The highest BCUT2D eigenvalue weighted by Crippen LogP contribution is 2.37. The van der Waals surface area contributed by atoms with Crippen LogP contribution in [0.25, 0.3) is 0 Å². The highest BCUT2D eigenvalue weighted by atomic mass is 28.4. The normalized spacial score (nSPS) is 21.4. The van der Waals surface area contributed by atoms with Crippen molar-refractivity contribution in [2.45, 2.75) is 64.0 Å². The molecular weight excluding hydrogens is 254 g/mol. The van der Waals surface area contributed by atoms with Gasteiger partial charge in [0, 0.05) is 13.1 Å². The van der Waals surface area contributed by atoms with Crippen LogP contribution in [0.2, 0.25) is 18.1 Å². The van der Waals surface area contributed by atoms with Crippen molar-refractivity contribution in [3.8, 4) is 0 Å². The topological polar surface area (TPSA) is 12.5 Å². The van der Waals surface area contributed by atoms with Crippen molar-refractivity contribution in [3.63, 3.8) is 0 Å². The molecule has 0 radical (unpaired) electrons. The Labute approximate surface area is 117 Å². The van der Waals surface area contributed by atoms with Crippen LogP contribution in [0.1, 0.15) is 40.0 Å². The van der Waals surface area contributed by atoms with E-state index < -0.39 is 8.32 Å². The Balaban J connectivity index is 2.70. The molecule has 0 saturated carbocycles. The van der Waals surface area contributed by atoms with E-state index in [2.05, 4.69) is 51.0 Å². The molecular formula is C14H31NOSi2. The van der Waals surface area contributed by atoms with Crippen molar-refractivity contribution < 1.29 is 4.43 Å². The summed E-state index contributed by atoms with van der Waals surface area (Å²) in [5.74, 6) is 0.392. The zero-order chi connectivity index (χ0) is 13.8. The molecule has 1 saturated heterocycles. The summed E-state index contributed by atoms with van der Waals surface area (Å²) in [7, 11) is -1.99.